The molecule has 5 nitrogen and oxygen atoms in total. The summed E-state index contributed by atoms with van der Waals surface area (Å²) < 4.78 is 1.49. The van der Waals surface area contributed by atoms with Crippen molar-refractivity contribution in [1.29, 1.82) is 0 Å². The molecule has 0 spiro atoms. The molecule has 8 heteroatoms. The molecule has 1 aromatic heterocycles. The summed E-state index contributed by atoms with van der Waals surface area (Å²) in [6.07, 6.45) is 1.89. The number of carboxylic acids is 1. The zero-order chi connectivity index (χ0) is 11.5. The maximum Gasteiger partial charge on any atom is 0.336 e. The minimum absolute atomic E-state index is 0.0609. The lowest BCUT2D eigenvalue weighted by atomic mass is 10.1. The van der Waals surface area contributed by atoms with Gasteiger partial charge >= 0.3 is 5.97 Å². The minimum Gasteiger partial charge on any atom is -0.479 e. The zero-order valence-corrected chi connectivity index (χ0v) is 10.6. The highest BCUT2D eigenvalue weighted by Gasteiger charge is 2.30. The summed E-state index contributed by atoms with van der Waals surface area (Å²) in [5, 5.41) is 25.8. The lowest BCUT2D eigenvalue weighted by molar-refractivity contribution is -0.154. The molecule has 1 aromatic rings. The molecule has 2 N–H and O–H groups in total. The third-order valence-electron chi connectivity index (χ3n) is 1.50. The van der Waals surface area contributed by atoms with Gasteiger partial charge in [0.15, 0.2) is 14.3 Å². The molecular weight excluding hydrogens is 256 g/mol. The van der Waals surface area contributed by atoms with E-state index in [-0.39, 0.29) is 5.75 Å². The SMILES string of the molecule is CSc1nnc(SCC(C)(O)C(=O)O)s1. The molecule has 1 rings (SSSR count). The number of thioether (sulfide) groups is 2. The minimum atomic E-state index is -1.73. The van der Waals surface area contributed by atoms with Gasteiger partial charge in [0.1, 0.15) is 0 Å². The highest BCUT2D eigenvalue weighted by molar-refractivity contribution is 8.03. The van der Waals surface area contributed by atoms with E-state index in [0.717, 1.165) is 4.34 Å². The van der Waals surface area contributed by atoms with E-state index >= 15 is 0 Å². The van der Waals surface area contributed by atoms with Gasteiger partial charge in [-0.1, -0.05) is 34.9 Å². The van der Waals surface area contributed by atoms with E-state index < -0.39 is 11.6 Å². The number of carboxylic acid groups (broad SMARTS) is 1. The van der Waals surface area contributed by atoms with Crippen molar-refractivity contribution < 1.29 is 15.0 Å². The van der Waals surface area contributed by atoms with Crippen LogP contribution < -0.4 is 0 Å². The molecule has 15 heavy (non-hydrogen) atoms. The number of rotatable bonds is 5. The Labute approximate surface area is 99.3 Å². The molecule has 1 atom stereocenters. The predicted molar refractivity (Wildman–Crippen MR) is 60.7 cm³/mol. The maximum atomic E-state index is 10.6. The van der Waals surface area contributed by atoms with Crippen LogP contribution in [0.1, 0.15) is 6.92 Å². The highest BCUT2D eigenvalue weighted by Crippen LogP contribution is 2.29. The van der Waals surface area contributed by atoms with Crippen molar-refractivity contribution in [1.82, 2.24) is 10.2 Å². The van der Waals surface area contributed by atoms with Crippen LogP contribution >= 0.6 is 34.9 Å². The fourth-order valence-corrected chi connectivity index (χ4v) is 3.04. The van der Waals surface area contributed by atoms with Crippen molar-refractivity contribution in [2.24, 2.45) is 0 Å². The Morgan fingerprint density at radius 2 is 2.13 bits per heavy atom. The number of nitrogens with zero attached hydrogens (tertiary/aromatic N) is 2. The molecule has 1 heterocycles. The maximum absolute atomic E-state index is 10.6. The summed E-state index contributed by atoms with van der Waals surface area (Å²) in [5.74, 6) is -1.17. The van der Waals surface area contributed by atoms with Crippen LogP contribution in [0.15, 0.2) is 8.68 Å². The molecule has 0 saturated carbocycles. The first kappa shape index (κ1) is 12.8. The molecule has 0 aliphatic carbocycles. The Balaban J connectivity index is 2.53. The summed E-state index contributed by atoms with van der Waals surface area (Å²) in [6.45, 7) is 1.26. The zero-order valence-electron chi connectivity index (χ0n) is 8.13. The Hall–Kier alpha value is -0.310. The number of hydrogen-bond donors (Lipinski definition) is 2. The van der Waals surface area contributed by atoms with Gasteiger partial charge in [-0.25, -0.2) is 4.79 Å². The Bertz CT molecular complexity index is 353. The molecule has 0 amide bonds. The average molecular weight is 266 g/mol. The third-order valence-corrected chi connectivity index (χ3v) is 4.83. The molecular formula is C7H10N2O3S3. The summed E-state index contributed by atoms with van der Waals surface area (Å²) in [5.41, 5.74) is -1.73. The molecule has 0 aromatic carbocycles. The quantitative estimate of drug-likeness (QED) is 0.774. The van der Waals surface area contributed by atoms with Crippen LogP contribution in [-0.2, 0) is 4.79 Å². The number of hydrogen-bond acceptors (Lipinski definition) is 7. The molecule has 0 saturated heterocycles. The van der Waals surface area contributed by atoms with Crippen LogP contribution in [0.5, 0.6) is 0 Å². The van der Waals surface area contributed by atoms with Crippen LogP contribution in [0.4, 0.5) is 0 Å². The number of carbonyl (C=O) groups is 1. The molecule has 0 aliphatic heterocycles. The number of aliphatic carboxylic acids is 1. The lowest BCUT2D eigenvalue weighted by Gasteiger charge is -2.15. The molecule has 0 fully saturated rings. The van der Waals surface area contributed by atoms with Crippen molar-refractivity contribution in [2.45, 2.75) is 21.2 Å². The second-order valence-electron chi connectivity index (χ2n) is 2.91. The standard InChI is InChI=1S/C7H10N2O3S3/c1-7(12,4(10)11)3-14-6-9-8-5(13-2)15-6/h12H,3H2,1-2H3,(H,10,11). The van der Waals surface area contributed by atoms with Gasteiger partial charge in [-0.05, 0) is 13.2 Å². The summed E-state index contributed by atoms with van der Waals surface area (Å²) in [6, 6.07) is 0. The van der Waals surface area contributed by atoms with E-state index in [0.29, 0.717) is 4.34 Å². The fraction of sp³-hybridized carbons (Fsp3) is 0.571. The van der Waals surface area contributed by atoms with Gasteiger partial charge in [0, 0.05) is 5.75 Å². The van der Waals surface area contributed by atoms with Crippen molar-refractivity contribution in [3.05, 3.63) is 0 Å². The van der Waals surface area contributed by atoms with E-state index in [4.69, 9.17) is 5.11 Å². The smallest absolute Gasteiger partial charge is 0.336 e. The van der Waals surface area contributed by atoms with E-state index in [1.807, 2.05) is 6.26 Å². The first-order chi connectivity index (χ1) is 6.95. The van der Waals surface area contributed by atoms with Gasteiger partial charge in [-0.2, -0.15) is 0 Å². The normalized spacial score (nSPS) is 14.9. The number of aliphatic hydroxyl groups is 1. The van der Waals surface area contributed by atoms with Crippen LogP contribution in [0, 0.1) is 0 Å². The average Bonchev–Trinajstić information content (AvgIpc) is 2.62. The predicted octanol–water partition coefficient (Wildman–Crippen LogP) is 1.19. The van der Waals surface area contributed by atoms with Crippen molar-refractivity contribution >= 4 is 40.8 Å². The second kappa shape index (κ2) is 5.15. The Morgan fingerprint density at radius 1 is 1.53 bits per heavy atom. The second-order valence-corrected chi connectivity index (χ2v) is 6.16. The largest absolute Gasteiger partial charge is 0.479 e. The van der Waals surface area contributed by atoms with Crippen LogP contribution in [0.2, 0.25) is 0 Å². The topological polar surface area (TPSA) is 83.3 Å². The first-order valence-corrected chi connectivity index (χ1v) is 6.94. The van der Waals surface area contributed by atoms with Gasteiger partial charge in [0.2, 0.25) is 0 Å². The Kier molecular flexibility index (Phi) is 4.38. The van der Waals surface area contributed by atoms with E-state index in [9.17, 15) is 9.90 Å². The summed E-state index contributed by atoms with van der Waals surface area (Å²) in [4.78, 5) is 10.6. The molecule has 0 aliphatic rings. The van der Waals surface area contributed by atoms with Gasteiger partial charge in [0.05, 0.1) is 0 Å². The molecule has 0 radical (unpaired) electrons. The monoisotopic (exact) mass is 266 g/mol. The number of aromatic nitrogens is 2. The molecule has 1 unspecified atom stereocenters. The van der Waals surface area contributed by atoms with Crippen molar-refractivity contribution in [2.75, 3.05) is 12.0 Å². The van der Waals surface area contributed by atoms with Gasteiger partial charge in [-0.15, -0.1) is 10.2 Å². The highest BCUT2D eigenvalue weighted by atomic mass is 32.2. The molecule has 0 bridgehead atoms. The first-order valence-electron chi connectivity index (χ1n) is 3.92. The van der Waals surface area contributed by atoms with Gasteiger partial charge < -0.3 is 10.2 Å². The van der Waals surface area contributed by atoms with Crippen molar-refractivity contribution in [3.63, 3.8) is 0 Å². The third kappa shape index (κ3) is 3.63. The molecule has 84 valence electrons. The fourth-order valence-electron chi connectivity index (χ4n) is 0.602. The van der Waals surface area contributed by atoms with E-state index in [1.165, 1.54) is 41.8 Å². The van der Waals surface area contributed by atoms with Crippen LogP contribution in [0.25, 0.3) is 0 Å². The van der Waals surface area contributed by atoms with Crippen LogP contribution in [-0.4, -0.2) is 44.0 Å². The summed E-state index contributed by atoms with van der Waals surface area (Å²) in [7, 11) is 0. The van der Waals surface area contributed by atoms with Crippen LogP contribution in [0.3, 0.4) is 0 Å². The Morgan fingerprint density at radius 3 is 2.60 bits per heavy atom. The lowest BCUT2D eigenvalue weighted by Crippen LogP contribution is -2.37. The summed E-state index contributed by atoms with van der Waals surface area (Å²) >= 11 is 4.06. The van der Waals surface area contributed by atoms with E-state index in [1.54, 1.807) is 0 Å². The van der Waals surface area contributed by atoms with Gasteiger partial charge in [-0.3, -0.25) is 0 Å². The van der Waals surface area contributed by atoms with E-state index in [2.05, 4.69) is 10.2 Å². The van der Waals surface area contributed by atoms with Gasteiger partial charge in [0.25, 0.3) is 0 Å². The van der Waals surface area contributed by atoms with Crippen molar-refractivity contribution in [3.8, 4) is 0 Å².